The van der Waals surface area contributed by atoms with Gasteiger partial charge in [-0.1, -0.05) is 54.6 Å². The summed E-state index contributed by atoms with van der Waals surface area (Å²) in [5.41, 5.74) is 0.555. The lowest BCUT2D eigenvalue weighted by Crippen LogP contribution is -2.34. The van der Waals surface area contributed by atoms with Crippen LogP contribution in [-0.2, 0) is 0 Å². The topological polar surface area (TPSA) is 0 Å². The van der Waals surface area contributed by atoms with Gasteiger partial charge in [0.2, 0.25) is 0 Å². The molecular weight excluding hydrogens is 283 g/mol. The first-order valence-electron chi connectivity index (χ1n) is 7.66. The molecule has 22 heavy (non-hydrogen) atoms. The molecule has 1 aliphatic carbocycles. The molecule has 0 saturated heterocycles. The minimum atomic E-state index is -1.63. The zero-order chi connectivity index (χ0) is 14.8. The van der Waals surface area contributed by atoms with Crippen LogP contribution in [-0.4, -0.2) is 5.66 Å². The lowest BCUT2D eigenvalue weighted by Gasteiger charge is -2.27. The van der Waals surface area contributed by atoms with Crippen LogP contribution in [0.1, 0.15) is 0 Å². The molecule has 0 saturated carbocycles. The molecule has 1 heteroatoms. The van der Waals surface area contributed by atoms with E-state index in [0.29, 0.717) is 5.66 Å². The summed E-state index contributed by atoms with van der Waals surface area (Å²) in [5.74, 6) is 0. The van der Waals surface area contributed by atoms with Gasteiger partial charge in [-0.15, -0.1) is 0 Å². The third-order valence-corrected chi connectivity index (χ3v) is 8.88. The van der Waals surface area contributed by atoms with E-state index in [-0.39, 0.29) is 0 Å². The van der Waals surface area contributed by atoms with Crippen LogP contribution in [0.2, 0.25) is 0 Å². The van der Waals surface area contributed by atoms with Gasteiger partial charge < -0.3 is 0 Å². The van der Waals surface area contributed by atoms with E-state index in [0.717, 1.165) is 0 Å². The van der Waals surface area contributed by atoms with Crippen LogP contribution in [0.5, 0.6) is 0 Å². The molecule has 0 spiro atoms. The molecule has 0 unspecified atom stereocenters. The SMILES string of the molecule is C1=CC1[P+](c1ccccc1)(c1ccccc1)c1ccccc1. The molecule has 0 N–H and O–H groups in total. The van der Waals surface area contributed by atoms with Crippen LogP contribution in [0.15, 0.2) is 103 Å². The van der Waals surface area contributed by atoms with Gasteiger partial charge in [-0.2, -0.15) is 0 Å². The minimum absolute atomic E-state index is 0.555. The summed E-state index contributed by atoms with van der Waals surface area (Å²) in [4.78, 5) is 0. The number of benzene rings is 3. The number of allylic oxidation sites excluding steroid dienone is 2. The summed E-state index contributed by atoms with van der Waals surface area (Å²) in [5, 5.41) is 4.38. The molecule has 0 fully saturated rings. The third kappa shape index (κ3) is 2.12. The fourth-order valence-corrected chi connectivity index (χ4v) is 7.73. The Morgan fingerprint density at radius 1 is 0.455 bits per heavy atom. The second-order valence-electron chi connectivity index (χ2n) is 5.60. The molecule has 0 bridgehead atoms. The Morgan fingerprint density at radius 2 is 0.773 bits per heavy atom. The van der Waals surface area contributed by atoms with Crippen molar-refractivity contribution in [2.45, 2.75) is 5.66 Å². The molecule has 1 aliphatic rings. The lowest BCUT2D eigenvalue weighted by atomic mass is 10.4. The van der Waals surface area contributed by atoms with E-state index >= 15 is 0 Å². The predicted octanol–water partition coefficient (Wildman–Crippen LogP) is 3.92. The quantitative estimate of drug-likeness (QED) is 0.506. The van der Waals surface area contributed by atoms with Gasteiger partial charge in [0, 0.05) is 0 Å². The van der Waals surface area contributed by atoms with Crippen molar-refractivity contribution in [3.63, 3.8) is 0 Å². The lowest BCUT2D eigenvalue weighted by molar-refractivity contribution is 1.61. The summed E-state index contributed by atoms with van der Waals surface area (Å²) in [6.45, 7) is 0. The largest absolute Gasteiger partial charge is 0.122 e. The van der Waals surface area contributed by atoms with Crippen molar-refractivity contribution < 1.29 is 0 Å². The van der Waals surface area contributed by atoms with E-state index in [1.807, 2.05) is 0 Å². The van der Waals surface area contributed by atoms with Crippen LogP contribution < -0.4 is 15.9 Å². The van der Waals surface area contributed by atoms with Crippen LogP contribution in [0, 0.1) is 0 Å². The summed E-state index contributed by atoms with van der Waals surface area (Å²) in [6.07, 6.45) is 4.72. The van der Waals surface area contributed by atoms with Crippen LogP contribution >= 0.6 is 7.26 Å². The smallest absolute Gasteiger partial charge is 0.0620 e. The highest BCUT2D eigenvalue weighted by atomic mass is 31.2. The highest BCUT2D eigenvalue weighted by Crippen LogP contribution is 2.64. The first-order chi connectivity index (χ1) is 10.9. The highest BCUT2D eigenvalue weighted by molar-refractivity contribution is 7.96. The molecule has 0 heterocycles. The van der Waals surface area contributed by atoms with Gasteiger partial charge in [0.1, 0.15) is 28.8 Å². The average molecular weight is 301 g/mol. The highest BCUT2D eigenvalue weighted by Gasteiger charge is 2.53. The van der Waals surface area contributed by atoms with Gasteiger partial charge in [0.25, 0.3) is 0 Å². The van der Waals surface area contributed by atoms with Gasteiger partial charge in [-0.3, -0.25) is 0 Å². The Kier molecular flexibility index (Phi) is 3.41. The van der Waals surface area contributed by atoms with Crippen molar-refractivity contribution in [1.29, 1.82) is 0 Å². The Hall–Kier alpha value is -2.17. The monoisotopic (exact) mass is 301 g/mol. The van der Waals surface area contributed by atoms with Gasteiger partial charge in [0.15, 0.2) is 0 Å². The fraction of sp³-hybridized carbons (Fsp3) is 0.0476. The maximum absolute atomic E-state index is 2.36. The van der Waals surface area contributed by atoms with Gasteiger partial charge in [0.05, 0.1) is 0 Å². The molecule has 106 valence electrons. The minimum Gasteiger partial charge on any atom is -0.0620 e. The molecule has 0 radical (unpaired) electrons. The Morgan fingerprint density at radius 3 is 1.05 bits per heavy atom. The summed E-state index contributed by atoms with van der Waals surface area (Å²) in [6, 6.07) is 33.1. The molecule has 0 aromatic heterocycles. The second kappa shape index (κ2) is 5.55. The molecule has 4 rings (SSSR count). The van der Waals surface area contributed by atoms with Crippen molar-refractivity contribution in [2.24, 2.45) is 0 Å². The zero-order valence-corrected chi connectivity index (χ0v) is 13.2. The van der Waals surface area contributed by atoms with Crippen molar-refractivity contribution in [2.75, 3.05) is 0 Å². The van der Waals surface area contributed by atoms with Crippen LogP contribution in [0.25, 0.3) is 0 Å². The molecular formula is C21H18P+. The number of hydrogen-bond donors (Lipinski definition) is 0. The summed E-state index contributed by atoms with van der Waals surface area (Å²) >= 11 is 0. The predicted molar refractivity (Wildman–Crippen MR) is 98.1 cm³/mol. The normalized spacial score (nSPS) is 14.0. The van der Waals surface area contributed by atoms with Crippen molar-refractivity contribution >= 4 is 23.2 Å². The van der Waals surface area contributed by atoms with Gasteiger partial charge >= 0.3 is 0 Å². The molecule has 3 aromatic rings. The van der Waals surface area contributed by atoms with Crippen LogP contribution in [0.3, 0.4) is 0 Å². The van der Waals surface area contributed by atoms with E-state index in [2.05, 4.69) is 103 Å². The number of hydrogen-bond acceptors (Lipinski definition) is 0. The maximum atomic E-state index is 2.36. The first-order valence-corrected chi connectivity index (χ1v) is 9.52. The third-order valence-electron chi connectivity index (χ3n) is 4.30. The molecule has 0 nitrogen and oxygen atoms in total. The fourth-order valence-electron chi connectivity index (χ4n) is 3.26. The van der Waals surface area contributed by atoms with E-state index in [1.165, 1.54) is 15.9 Å². The standard InChI is InChI=1S/C21H18P/c1-4-10-18(11-5-1)22(21-16-17-21,19-12-6-2-7-13-19)20-14-8-3-9-15-20/h1-17,21H/q+1. The van der Waals surface area contributed by atoms with E-state index < -0.39 is 7.26 Å². The average Bonchev–Trinajstić information content (AvgIpc) is 3.44. The van der Waals surface area contributed by atoms with Crippen molar-refractivity contribution in [3.05, 3.63) is 103 Å². The Bertz CT molecular complexity index is 673. The van der Waals surface area contributed by atoms with Crippen LogP contribution in [0.4, 0.5) is 0 Å². The van der Waals surface area contributed by atoms with E-state index in [4.69, 9.17) is 0 Å². The number of rotatable bonds is 4. The van der Waals surface area contributed by atoms with E-state index in [1.54, 1.807) is 0 Å². The molecule has 3 aromatic carbocycles. The first kappa shape index (κ1) is 13.5. The molecule has 0 aliphatic heterocycles. The maximum Gasteiger partial charge on any atom is 0.122 e. The Balaban J connectivity index is 2.02. The molecule has 0 amide bonds. The summed E-state index contributed by atoms with van der Waals surface area (Å²) in [7, 11) is -1.63. The van der Waals surface area contributed by atoms with Gasteiger partial charge in [-0.25, -0.2) is 0 Å². The van der Waals surface area contributed by atoms with Crippen molar-refractivity contribution in [3.8, 4) is 0 Å². The van der Waals surface area contributed by atoms with Gasteiger partial charge in [-0.05, 0) is 48.6 Å². The summed E-state index contributed by atoms with van der Waals surface area (Å²) < 4.78 is 0. The Labute approximate surface area is 132 Å². The van der Waals surface area contributed by atoms with Crippen molar-refractivity contribution in [1.82, 2.24) is 0 Å². The van der Waals surface area contributed by atoms with E-state index in [9.17, 15) is 0 Å². The molecule has 0 atom stereocenters. The second-order valence-corrected chi connectivity index (χ2v) is 9.20. The zero-order valence-electron chi connectivity index (χ0n) is 12.3.